The van der Waals surface area contributed by atoms with Gasteiger partial charge in [-0.15, -0.1) is 0 Å². The fraction of sp³-hybridized carbons (Fsp3) is 0.107. The Morgan fingerprint density at radius 3 is 2.36 bits per heavy atom. The van der Waals surface area contributed by atoms with Crippen molar-refractivity contribution in [3.63, 3.8) is 0 Å². The second kappa shape index (κ2) is 9.59. The number of hydrogen-bond acceptors (Lipinski definition) is 4. The number of pyridine rings is 3. The van der Waals surface area contributed by atoms with Crippen LogP contribution in [-0.4, -0.2) is 16.5 Å². The molecule has 0 radical (unpaired) electrons. The highest BCUT2D eigenvalue weighted by Gasteiger charge is 2.16. The Morgan fingerprint density at radius 2 is 1.61 bits per heavy atom. The molecule has 0 saturated heterocycles. The van der Waals surface area contributed by atoms with Crippen LogP contribution in [0.2, 0.25) is 0 Å². The summed E-state index contributed by atoms with van der Waals surface area (Å²) in [6.07, 6.45) is 6.51. The average molecular weight is 433 g/mol. The molecule has 0 amide bonds. The monoisotopic (exact) mass is 432 g/mol. The number of aromatic amines is 1. The lowest BCUT2D eigenvalue weighted by molar-refractivity contribution is -0.359. The van der Waals surface area contributed by atoms with Crippen molar-refractivity contribution in [2.45, 2.75) is 13.0 Å². The number of benzene rings is 2. The van der Waals surface area contributed by atoms with Gasteiger partial charge in [-0.1, -0.05) is 54.6 Å². The van der Waals surface area contributed by atoms with Crippen LogP contribution in [0.4, 0.5) is 5.82 Å². The molecule has 0 saturated carbocycles. The van der Waals surface area contributed by atoms with E-state index < -0.39 is 0 Å². The smallest absolute Gasteiger partial charge is 0.281 e. The van der Waals surface area contributed by atoms with Gasteiger partial charge in [0, 0.05) is 42.6 Å². The Bertz CT molecular complexity index is 1350. The molecule has 33 heavy (non-hydrogen) atoms. The van der Waals surface area contributed by atoms with Gasteiger partial charge in [-0.25, -0.2) is 9.97 Å². The summed E-state index contributed by atoms with van der Waals surface area (Å²) in [6, 6.07) is 27.1. The number of hydrogen-bond donors (Lipinski definition) is 2. The van der Waals surface area contributed by atoms with Crippen LogP contribution < -0.4 is 16.0 Å². The summed E-state index contributed by atoms with van der Waals surface area (Å²) in [7, 11) is 0. The van der Waals surface area contributed by atoms with Gasteiger partial charge in [0.2, 0.25) is 0 Å². The number of fused-ring (bicyclic) bond motifs is 1. The maximum atomic E-state index is 5.80. The van der Waals surface area contributed by atoms with E-state index in [1.807, 2.05) is 42.9 Å². The molecule has 162 valence electrons. The van der Waals surface area contributed by atoms with Crippen molar-refractivity contribution in [3.05, 3.63) is 109 Å². The Hall–Kier alpha value is -4.09. The third kappa shape index (κ3) is 4.59. The summed E-state index contributed by atoms with van der Waals surface area (Å²) in [5.74, 6) is 0.969. The predicted octanol–water partition coefficient (Wildman–Crippen LogP) is 4.89. The molecule has 5 heteroatoms. The van der Waals surface area contributed by atoms with Gasteiger partial charge in [-0.05, 0) is 34.9 Å². The minimum absolute atomic E-state index is 0.529. The van der Waals surface area contributed by atoms with E-state index in [0.717, 1.165) is 57.6 Å². The highest BCUT2D eigenvalue weighted by Crippen LogP contribution is 2.34. The maximum Gasteiger partial charge on any atom is 0.281 e. The van der Waals surface area contributed by atoms with E-state index in [0.29, 0.717) is 6.54 Å². The zero-order chi connectivity index (χ0) is 22.5. The van der Waals surface area contributed by atoms with Crippen LogP contribution in [0.25, 0.3) is 33.3 Å². The van der Waals surface area contributed by atoms with Crippen LogP contribution in [0.15, 0.2) is 97.5 Å². The number of H-pyrrole nitrogens is 1. The molecular weight excluding hydrogens is 406 g/mol. The first-order chi connectivity index (χ1) is 16.3. The first-order valence-corrected chi connectivity index (χ1v) is 11.1. The lowest BCUT2D eigenvalue weighted by Gasteiger charge is -2.12. The lowest BCUT2D eigenvalue weighted by atomic mass is 9.97. The average Bonchev–Trinajstić information content (AvgIpc) is 2.89. The molecule has 2 aromatic carbocycles. The van der Waals surface area contributed by atoms with Crippen molar-refractivity contribution in [2.75, 3.05) is 11.9 Å². The van der Waals surface area contributed by atoms with Gasteiger partial charge in [0.1, 0.15) is 0 Å². The van der Waals surface area contributed by atoms with Gasteiger partial charge in [0.25, 0.3) is 5.82 Å². The van der Waals surface area contributed by atoms with Crippen LogP contribution >= 0.6 is 0 Å². The molecule has 5 nitrogen and oxygen atoms in total. The van der Waals surface area contributed by atoms with Gasteiger partial charge in [0.05, 0.1) is 29.3 Å². The van der Waals surface area contributed by atoms with Crippen molar-refractivity contribution in [1.29, 1.82) is 0 Å². The van der Waals surface area contributed by atoms with Gasteiger partial charge in [0.15, 0.2) is 0 Å². The summed E-state index contributed by atoms with van der Waals surface area (Å²) >= 11 is 0. The normalized spacial score (nSPS) is 10.9. The van der Waals surface area contributed by atoms with E-state index in [9.17, 15) is 0 Å². The van der Waals surface area contributed by atoms with Crippen molar-refractivity contribution >= 4 is 16.7 Å². The number of nitrogens with two attached hydrogens (primary N) is 1. The molecule has 0 fully saturated rings. The van der Waals surface area contributed by atoms with Crippen molar-refractivity contribution in [1.82, 2.24) is 9.97 Å². The van der Waals surface area contributed by atoms with Crippen LogP contribution in [-0.2, 0) is 13.0 Å². The summed E-state index contributed by atoms with van der Waals surface area (Å²) in [6.45, 7) is 1.34. The minimum atomic E-state index is 0.529. The van der Waals surface area contributed by atoms with Crippen molar-refractivity contribution in [3.8, 4) is 22.4 Å². The largest absolute Gasteiger partial charge is 0.326 e. The van der Waals surface area contributed by atoms with E-state index in [2.05, 4.69) is 69.9 Å². The number of rotatable bonds is 7. The molecule has 5 rings (SSSR count). The maximum absolute atomic E-state index is 5.80. The highest BCUT2D eigenvalue weighted by molar-refractivity contribution is 5.95. The highest BCUT2D eigenvalue weighted by atomic mass is 15.0. The molecule has 0 aliphatic heterocycles. The molecule has 0 aliphatic carbocycles. The molecule has 5 aromatic rings. The molecule has 0 unspecified atom stereocenters. The van der Waals surface area contributed by atoms with Crippen LogP contribution in [0, 0.1) is 0 Å². The third-order valence-electron chi connectivity index (χ3n) is 5.80. The molecule has 0 bridgehead atoms. The number of anilines is 1. The van der Waals surface area contributed by atoms with E-state index >= 15 is 0 Å². The zero-order valence-corrected chi connectivity index (χ0v) is 18.3. The second-order valence-corrected chi connectivity index (χ2v) is 7.97. The van der Waals surface area contributed by atoms with Gasteiger partial charge in [-0.2, -0.15) is 0 Å². The molecule has 4 N–H and O–H groups in total. The first-order valence-electron chi connectivity index (χ1n) is 11.1. The predicted molar refractivity (Wildman–Crippen MR) is 133 cm³/mol. The van der Waals surface area contributed by atoms with E-state index in [1.165, 1.54) is 5.56 Å². The Kier molecular flexibility index (Phi) is 6.04. The lowest BCUT2D eigenvalue weighted by Crippen LogP contribution is -2.15. The van der Waals surface area contributed by atoms with E-state index in [-0.39, 0.29) is 0 Å². The molecule has 3 heterocycles. The van der Waals surface area contributed by atoms with Gasteiger partial charge >= 0.3 is 0 Å². The van der Waals surface area contributed by atoms with Gasteiger partial charge < -0.3 is 5.73 Å². The summed E-state index contributed by atoms with van der Waals surface area (Å²) in [5.41, 5.74) is 13.4. The quantitative estimate of drug-likeness (QED) is 0.384. The summed E-state index contributed by atoms with van der Waals surface area (Å²) < 4.78 is 0. The summed E-state index contributed by atoms with van der Waals surface area (Å²) in [4.78, 5) is 12.6. The molecule has 0 aliphatic rings. The topological polar surface area (TPSA) is 78.0 Å². The van der Waals surface area contributed by atoms with Gasteiger partial charge in [-0.3, -0.25) is 10.3 Å². The van der Waals surface area contributed by atoms with Crippen LogP contribution in [0.3, 0.4) is 0 Å². The Labute approximate surface area is 193 Å². The number of aromatic nitrogens is 3. The van der Waals surface area contributed by atoms with Crippen LogP contribution in [0.5, 0.6) is 0 Å². The second-order valence-electron chi connectivity index (χ2n) is 7.97. The standard InChI is InChI=1S/C28H25N5/c29-19-21-6-8-23(9-7-21)27-24(22-4-2-1-3-5-22)18-25-26(33-27)13-17-32-28(25)31-16-12-20-10-14-30-15-11-20/h1-11,13-15,17-18H,12,16,19,29H2,(H,31,32)/p+1. The fourth-order valence-corrected chi connectivity index (χ4v) is 4.02. The van der Waals surface area contributed by atoms with Crippen molar-refractivity contribution in [2.24, 2.45) is 5.73 Å². The zero-order valence-electron chi connectivity index (χ0n) is 18.3. The molecule has 0 spiro atoms. The minimum Gasteiger partial charge on any atom is -0.326 e. The third-order valence-corrected chi connectivity index (χ3v) is 5.80. The van der Waals surface area contributed by atoms with E-state index in [1.54, 1.807) is 0 Å². The molecule has 0 atom stereocenters. The SMILES string of the molecule is NCc1ccc(-c2nc3cc[nH+]c(NCCc4ccncc4)c3cc2-c2ccccc2)cc1. The van der Waals surface area contributed by atoms with E-state index in [4.69, 9.17) is 10.7 Å². The molecule has 3 aromatic heterocycles. The Morgan fingerprint density at radius 1 is 0.818 bits per heavy atom. The van der Waals surface area contributed by atoms with Crippen LogP contribution in [0.1, 0.15) is 11.1 Å². The summed E-state index contributed by atoms with van der Waals surface area (Å²) in [5, 5.41) is 4.62. The Balaban J connectivity index is 1.56. The number of nitrogens with zero attached hydrogens (tertiary/aromatic N) is 2. The number of nitrogens with one attached hydrogen (secondary N) is 2. The van der Waals surface area contributed by atoms with Crippen molar-refractivity contribution < 1.29 is 4.98 Å². The first kappa shape index (κ1) is 20.8. The molecular formula is C28H26N5+. The fourth-order valence-electron chi connectivity index (χ4n) is 4.02.